The van der Waals surface area contributed by atoms with Gasteiger partial charge in [-0.1, -0.05) is 55.4 Å². The van der Waals surface area contributed by atoms with Crippen molar-refractivity contribution in [2.24, 2.45) is 5.92 Å². The predicted molar refractivity (Wildman–Crippen MR) is 143 cm³/mol. The lowest BCUT2D eigenvalue weighted by Crippen LogP contribution is -2.31. The molecule has 0 bridgehead atoms. The van der Waals surface area contributed by atoms with Crippen LogP contribution < -0.4 is 10.9 Å². The highest BCUT2D eigenvalue weighted by atomic mass is 32.2. The van der Waals surface area contributed by atoms with Gasteiger partial charge in [0.05, 0.1) is 22.8 Å². The Bertz CT molecular complexity index is 1290. The summed E-state index contributed by atoms with van der Waals surface area (Å²) in [7, 11) is 0. The van der Waals surface area contributed by atoms with E-state index in [0.29, 0.717) is 46.2 Å². The zero-order chi connectivity index (χ0) is 25.7. The van der Waals surface area contributed by atoms with Crippen molar-refractivity contribution < 1.29 is 14.3 Å². The van der Waals surface area contributed by atoms with Gasteiger partial charge in [0, 0.05) is 30.8 Å². The first-order valence-corrected chi connectivity index (χ1v) is 13.5. The van der Waals surface area contributed by atoms with Crippen LogP contribution >= 0.6 is 11.8 Å². The van der Waals surface area contributed by atoms with Crippen molar-refractivity contribution in [1.29, 1.82) is 0 Å². The molecule has 1 aliphatic heterocycles. The highest BCUT2D eigenvalue weighted by Crippen LogP contribution is 2.21. The van der Waals surface area contributed by atoms with Crippen LogP contribution in [0, 0.1) is 12.8 Å². The fourth-order valence-corrected chi connectivity index (χ4v) is 5.02. The molecule has 1 atom stereocenters. The van der Waals surface area contributed by atoms with Gasteiger partial charge >= 0.3 is 0 Å². The lowest BCUT2D eigenvalue weighted by molar-refractivity contribution is 0.0857. The van der Waals surface area contributed by atoms with Crippen LogP contribution in [0.4, 0.5) is 0 Å². The van der Waals surface area contributed by atoms with Crippen LogP contribution in [0.5, 0.6) is 0 Å². The van der Waals surface area contributed by atoms with Crippen molar-refractivity contribution in [3.63, 3.8) is 0 Å². The van der Waals surface area contributed by atoms with E-state index in [9.17, 15) is 14.4 Å². The molecule has 1 aromatic heterocycles. The Morgan fingerprint density at radius 1 is 1.17 bits per heavy atom. The second-order valence-corrected chi connectivity index (χ2v) is 10.6. The Balaban J connectivity index is 1.59. The van der Waals surface area contributed by atoms with Gasteiger partial charge < -0.3 is 10.1 Å². The number of aryl methyl sites for hydroxylation is 1. The summed E-state index contributed by atoms with van der Waals surface area (Å²) in [5, 5.41) is 3.87. The molecule has 0 saturated carbocycles. The quantitative estimate of drug-likeness (QED) is 0.244. The van der Waals surface area contributed by atoms with Crippen molar-refractivity contribution in [3.05, 3.63) is 69.5 Å². The Hall–Kier alpha value is -2.97. The van der Waals surface area contributed by atoms with Crippen molar-refractivity contribution in [2.45, 2.75) is 57.8 Å². The van der Waals surface area contributed by atoms with E-state index >= 15 is 0 Å². The maximum absolute atomic E-state index is 13.4. The van der Waals surface area contributed by atoms with Gasteiger partial charge in [0.2, 0.25) is 0 Å². The Labute approximate surface area is 215 Å². The van der Waals surface area contributed by atoms with Crippen LogP contribution in [0.2, 0.25) is 0 Å². The van der Waals surface area contributed by atoms with E-state index in [1.807, 2.05) is 31.2 Å². The average molecular weight is 508 g/mol. The number of ether oxygens (including phenoxy) is 1. The summed E-state index contributed by atoms with van der Waals surface area (Å²) in [4.78, 5) is 43.7. The number of amides is 1. The summed E-state index contributed by atoms with van der Waals surface area (Å²) in [5.74, 6) is 0.341. The maximum atomic E-state index is 13.4. The van der Waals surface area contributed by atoms with Gasteiger partial charge in [-0.05, 0) is 50.3 Å². The molecular formula is C28H33N3O4S. The van der Waals surface area contributed by atoms with Gasteiger partial charge in [-0.3, -0.25) is 19.0 Å². The largest absolute Gasteiger partial charge is 0.376 e. The molecule has 2 heterocycles. The molecule has 1 fully saturated rings. The molecule has 0 radical (unpaired) electrons. The number of carbonyl (C=O) groups is 2. The summed E-state index contributed by atoms with van der Waals surface area (Å²) >= 11 is 1.26. The third-order valence-corrected chi connectivity index (χ3v) is 7.31. The molecule has 7 nitrogen and oxygen atoms in total. The van der Waals surface area contributed by atoms with Gasteiger partial charge in [0.15, 0.2) is 10.9 Å². The summed E-state index contributed by atoms with van der Waals surface area (Å²) in [6.07, 6.45) is 2.82. The minimum Gasteiger partial charge on any atom is -0.376 e. The van der Waals surface area contributed by atoms with Crippen molar-refractivity contribution in [1.82, 2.24) is 14.9 Å². The Kier molecular flexibility index (Phi) is 8.59. The number of aromatic nitrogens is 2. The van der Waals surface area contributed by atoms with E-state index in [-0.39, 0.29) is 29.1 Å². The number of fused-ring (bicyclic) bond motifs is 1. The molecule has 36 heavy (non-hydrogen) atoms. The molecule has 190 valence electrons. The number of Topliss-reactive ketones (excluding diaryl/α,β-unsaturated/α-hetero) is 1. The highest BCUT2D eigenvalue weighted by molar-refractivity contribution is 7.99. The number of carbonyl (C=O) groups excluding carboxylic acids is 2. The fourth-order valence-electron chi connectivity index (χ4n) is 4.10. The van der Waals surface area contributed by atoms with E-state index < -0.39 is 0 Å². The topological polar surface area (TPSA) is 90.3 Å². The van der Waals surface area contributed by atoms with Gasteiger partial charge in [-0.2, -0.15) is 0 Å². The number of nitrogens with one attached hydrogen (secondary N) is 1. The van der Waals surface area contributed by atoms with Crippen molar-refractivity contribution in [2.75, 3.05) is 18.9 Å². The van der Waals surface area contributed by atoms with Crippen LogP contribution in [0.1, 0.15) is 59.4 Å². The monoisotopic (exact) mass is 507 g/mol. The first-order valence-electron chi connectivity index (χ1n) is 12.5. The molecule has 0 spiro atoms. The summed E-state index contributed by atoms with van der Waals surface area (Å²) in [6, 6.07) is 12.4. The molecule has 2 aromatic carbocycles. The molecule has 1 saturated heterocycles. The molecule has 3 aromatic rings. The van der Waals surface area contributed by atoms with Gasteiger partial charge in [-0.15, -0.1) is 0 Å². The third-order valence-electron chi connectivity index (χ3n) is 6.33. The number of thioether (sulfide) groups is 1. The first-order chi connectivity index (χ1) is 17.3. The van der Waals surface area contributed by atoms with Crippen LogP contribution in [-0.4, -0.2) is 46.2 Å². The molecule has 0 aliphatic carbocycles. The molecule has 1 amide bonds. The SMILES string of the molecule is Cc1ccc(C(=O)CSc2nc3cc(C(=O)NC[C@@H]4CCCO4)ccc3c(=O)n2CCC(C)C)cc1. The molecule has 0 unspecified atom stereocenters. The van der Waals surface area contributed by atoms with E-state index in [1.54, 1.807) is 22.8 Å². The average Bonchev–Trinajstić information content (AvgIpc) is 3.39. The number of hydrogen-bond donors (Lipinski definition) is 1. The van der Waals surface area contributed by atoms with Gasteiger partial charge in [0.25, 0.3) is 11.5 Å². The Morgan fingerprint density at radius 3 is 2.61 bits per heavy atom. The number of hydrogen-bond acceptors (Lipinski definition) is 6. The van der Waals surface area contributed by atoms with E-state index in [1.165, 1.54) is 11.8 Å². The lowest BCUT2D eigenvalue weighted by Gasteiger charge is -2.15. The lowest BCUT2D eigenvalue weighted by atomic mass is 10.1. The van der Waals surface area contributed by atoms with E-state index in [2.05, 4.69) is 19.2 Å². The van der Waals surface area contributed by atoms with Crippen LogP contribution in [0.25, 0.3) is 10.9 Å². The zero-order valence-corrected chi connectivity index (χ0v) is 21.9. The van der Waals surface area contributed by atoms with Gasteiger partial charge in [-0.25, -0.2) is 4.98 Å². The third kappa shape index (κ3) is 6.42. The first kappa shape index (κ1) is 26.1. The molecule has 1 N–H and O–H groups in total. The van der Waals surface area contributed by atoms with Crippen LogP contribution in [0.3, 0.4) is 0 Å². The predicted octanol–water partition coefficient (Wildman–Crippen LogP) is 4.63. The summed E-state index contributed by atoms with van der Waals surface area (Å²) < 4.78 is 7.24. The maximum Gasteiger partial charge on any atom is 0.262 e. The van der Waals surface area contributed by atoms with E-state index in [0.717, 1.165) is 31.4 Å². The highest BCUT2D eigenvalue weighted by Gasteiger charge is 2.19. The summed E-state index contributed by atoms with van der Waals surface area (Å²) in [5.41, 5.74) is 2.47. The minimum absolute atomic E-state index is 0.0213. The standard InChI is InChI=1S/C28H33N3O4S/c1-18(2)12-13-31-27(34)23-11-10-21(26(33)29-16-22-5-4-14-35-22)15-24(23)30-28(31)36-17-25(32)20-8-6-19(3)7-9-20/h6-11,15,18,22H,4-5,12-14,16-17H2,1-3H3,(H,29,33)/t22-/m0/s1. The van der Waals surface area contributed by atoms with Gasteiger partial charge in [0.1, 0.15) is 0 Å². The fraction of sp³-hybridized carbons (Fsp3) is 0.429. The molecule has 4 rings (SSSR count). The summed E-state index contributed by atoms with van der Waals surface area (Å²) in [6.45, 7) is 7.90. The van der Waals surface area contributed by atoms with Crippen molar-refractivity contribution >= 4 is 34.4 Å². The smallest absolute Gasteiger partial charge is 0.262 e. The Morgan fingerprint density at radius 2 is 1.92 bits per heavy atom. The number of ketones is 1. The molecule has 1 aliphatic rings. The van der Waals surface area contributed by atoms with Crippen LogP contribution in [-0.2, 0) is 11.3 Å². The number of benzene rings is 2. The molecular weight excluding hydrogens is 474 g/mol. The van der Waals surface area contributed by atoms with Crippen LogP contribution in [0.15, 0.2) is 52.4 Å². The molecule has 8 heteroatoms. The second kappa shape index (κ2) is 11.8. The second-order valence-electron chi connectivity index (χ2n) is 9.69. The minimum atomic E-state index is -0.220. The van der Waals surface area contributed by atoms with Crippen molar-refractivity contribution in [3.8, 4) is 0 Å². The number of nitrogens with zero attached hydrogens (tertiary/aromatic N) is 2. The zero-order valence-electron chi connectivity index (χ0n) is 21.1. The van der Waals surface area contributed by atoms with E-state index in [4.69, 9.17) is 9.72 Å². The number of rotatable bonds is 10. The normalized spacial score (nSPS) is 15.5.